The highest BCUT2D eigenvalue weighted by molar-refractivity contribution is 5.97. The molecule has 2 unspecified atom stereocenters. The summed E-state index contributed by atoms with van der Waals surface area (Å²) in [4.78, 5) is 47.8. The molecule has 45 heavy (non-hydrogen) atoms. The number of rotatable bonds is 10. The quantitative estimate of drug-likeness (QED) is 0.102. The zero-order chi connectivity index (χ0) is 33.8. The molecule has 4 N–H and O–H groups in total. The molecule has 0 aliphatic carbocycles. The number of nitro groups is 2. The minimum Gasteiger partial charge on any atom is -0.548 e. The molecule has 15 nitrogen and oxygen atoms in total. The van der Waals surface area contributed by atoms with Crippen molar-refractivity contribution in [2.45, 2.75) is 31.0 Å². The predicted molar refractivity (Wildman–Crippen MR) is 157 cm³/mol. The highest BCUT2D eigenvalue weighted by atomic mass is 16.6. The van der Waals surface area contributed by atoms with Crippen molar-refractivity contribution in [3.8, 4) is 5.75 Å². The molecule has 2 bridgehead atoms. The van der Waals surface area contributed by atoms with Crippen molar-refractivity contribution < 1.29 is 45.8 Å². The second-order valence-corrected chi connectivity index (χ2v) is 10.8. The summed E-state index contributed by atoms with van der Waals surface area (Å²) in [5, 5.41) is 54.5. The second-order valence-electron chi connectivity index (χ2n) is 10.8. The smallest absolute Gasteiger partial charge is 0.277 e. The van der Waals surface area contributed by atoms with E-state index in [0.717, 1.165) is 41.7 Å². The van der Waals surface area contributed by atoms with Crippen LogP contribution in [0.15, 0.2) is 61.3 Å². The van der Waals surface area contributed by atoms with E-state index in [9.17, 15) is 40.0 Å². The molecule has 4 heterocycles. The number of carbonyl (C=O) groups is 2. The summed E-state index contributed by atoms with van der Waals surface area (Å²) >= 11 is 0. The number of aromatic nitrogens is 1. The molecular formula is C30H33N5O10. The molecule has 0 spiro atoms. The van der Waals surface area contributed by atoms with Gasteiger partial charge < -0.3 is 35.1 Å². The van der Waals surface area contributed by atoms with Gasteiger partial charge in [-0.15, -0.1) is 6.58 Å². The predicted octanol–water partition coefficient (Wildman–Crippen LogP) is 0.0997. The first kappa shape index (κ1) is 31.4. The summed E-state index contributed by atoms with van der Waals surface area (Å²) in [5.41, 5.74) is -0.284. The van der Waals surface area contributed by atoms with Crippen LogP contribution in [0.5, 0.6) is 5.75 Å². The summed E-state index contributed by atoms with van der Waals surface area (Å²) in [7, 11) is 1.67. The lowest BCUT2D eigenvalue weighted by Crippen LogP contribution is -3.20. The second kappa shape index (κ2) is 14.2. The van der Waals surface area contributed by atoms with E-state index in [1.807, 2.05) is 24.3 Å². The molecular weight excluding hydrogens is 591 g/mol. The van der Waals surface area contributed by atoms with E-state index in [-0.39, 0.29) is 6.04 Å². The number of aliphatic hydroxyl groups is 2. The average Bonchev–Trinajstić information content (AvgIpc) is 3.07. The van der Waals surface area contributed by atoms with Crippen LogP contribution in [0, 0.1) is 32.1 Å². The fraction of sp³-hybridized carbons (Fsp3) is 0.367. The Morgan fingerprint density at radius 3 is 2.44 bits per heavy atom. The average molecular weight is 626 g/mol. The third kappa shape index (κ3) is 7.39. The molecule has 1 amide bonds. The number of aliphatic carboxylic acids is 1. The Bertz CT molecular complexity index is 1640. The standard InChI is InChI=1S/C20H24N2O2.C10H9N3O8/c1-3-13-12-22-9-7-14(13)10-19(22)20(23)16-6-8-21-18-5-4-15(24-2)11-17(16)18;14-4-8(10(16)17)11-9(15)5-1-6(12(18)19)3-7(2-5)13(20)21/h3-6,8,11,13-14,19-20,23H,1,7,9-10,12H2,2H3;1-3,8,14H,4H2,(H,11,15)(H,16,17)/t13-,14-,19+,20-;/m0./s1/i;4+1,8D. The largest absolute Gasteiger partial charge is 0.548 e. The fourth-order valence-corrected chi connectivity index (χ4v) is 5.96. The van der Waals surface area contributed by atoms with Crippen LogP contribution in [0.25, 0.3) is 10.9 Å². The van der Waals surface area contributed by atoms with Crippen LogP contribution in [0.4, 0.5) is 11.4 Å². The highest BCUT2D eigenvalue weighted by Gasteiger charge is 2.45. The topological polar surface area (TPSA) is 223 Å². The number of ether oxygens (including phenoxy) is 1. The molecule has 15 heteroatoms. The Balaban J connectivity index is 0.000000210. The van der Waals surface area contributed by atoms with Gasteiger partial charge in [0.15, 0.2) is 0 Å². The van der Waals surface area contributed by atoms with Gasteiger partial charge in [-0.3, -0.25) is 30.0 Å². The maximum atomic E-state index is 11.8. The number of methoxy groups -OCH3 is 1. The van der Waals surface area contributed by atoms with E-state index >= 15 is 0 Å². The Hall–Kier alpha value is -4.99. The van der Waals surface area contributed by atoms with E-state index < -0.39 is 57.4 Å². The van der Waals surface area contributed by atoms with Gasteiger partial charge in [0, 0.05) is 42.5 Å². The summed E-state index contributed by atoms with van der Waals surface area (Å²) in [6.07, 6.45) is 5.76. The van der Waals surface area contributed by atoms with Crippen LogP contribution in [0.3, 0.4) is 0 Å². The number of nitrogens with zero attached hydrogens (tertiary/aromatic N) is 3. The van der Waals surface area contributed by atoms with Crippen LogP contribution in [0.2, 0.25) is 0 Å². The van der Waals surface area contributed by atoms with Crippen LogP contribution in [-0.4, -0.2) is 75.8 Å². The number of benzene rings is 2. The van der Waals surface area contributed by atoms with Gasteiger partial charge in [-0.2, -0.15) is 0 Å². The van der Waals surface area contributed by atoms with Crippen molar-refractivity contribution in [1.82, 2.24) is 10.3 Å². The van der Waals surface area contributed by atoms with Crippen molar-refractivity contribution in [1.29, 1.82) is 0 Å². The number of pyridine rings is 1. The number of fused-ring (bicyclic) bond motifs is 4. The molecule has 3 aromatic rings. The van der Waals surface area contributed by atoms with Crippen LogP contribution in [-0.2, 0) is 4.79 Å². The number of non-ortho nitro benzene ring substituents is 2. The van der Waals surface area contributed by atoms with E-state index in [4.69, 9.17) is 11.2 Å². The lowest BCUT2D eigenvalue weighted by molar-refractivity contribution is -0.949. The molecule has 3 aliphatic heterocycles. The number of amides is 1. The first-order chi connectivity index (χ1) is 21.8. The third-order valence-corrected chi connectivity index (χ3v) is 8.26. The number of carboxylic acids is 1. The summed E-state index contributed by atoms with van der Waals surface area (Å²) in [6.45, 7) is 4.91. The highest BCUT2D eigenvalue weighted by Crippen LogP contribution is 2.35. The normalized spacial score (nSPS) is 22.5. The summed E-state index contributed by atoms with van der Waals surface area (Å²) in [5.74, 6) is -1.38. The fourth-order valence-electron chi connectivity index (χ4n) is 5.96. The van der Waals surface area contributed by atoms with Crippen molar-refractivity contribution in [3.05, 3.63) is 92.7 Å². The Morgan fingerprint density at radius 2 is 1.91 bits per heavy atom. The van der Waals surface area contributed by atoms with Crippen LogP contribution in [0.1, 0.15) is 36.2 Å². The maximum Gasteiger partial charge on any atom is 0.277 e. The van der Waals surface area contributed by atoms with E-state index in [2.05, 4.69) is 17.6 Å². The van der Waals surface area contributed by atoms with Gasteiger partial charge >= 0.3 is 0 Å². The molecule has 0 radical (unpaired) electrons. The Labute approximate surface area is 258 Å². The van der Waals surface area contributed by atoms with Crippen molar-refractivity contribution in [2.24, 2.45) is 11.8 Å². The number of piperidine rings is 3. The molecule has 3 fully saturated rings. The minimum absolute atomic E-state index is 0.261. The molecule has 6 atom stereocenters. The van der Waals surface area contributed by atoms with Gasteiger partial charge in [0.05, 0.1) is 67.2 Å². The van der Waals surface area contributed by atoms with Crippen LogP contribution >= 0.6 is 0 Å². The number of nitrogens with one attached hydrogen (secondary N) is 2. The lowest BCUT2D eigenvalue weighted by atomic mass is 9.73. The van der Waals surface area contributed by atoms with Crippen molar-refractivity contribution in [3.63, 3.8) is 0 Å². The zero-order valence-corrected chi connectivity index (χ0v) is 24.3. The lowest BCUT2D eigenvalue weighted by Gasteiger charge is -2.47. The van der Waals surface area contributed by atoms with Gasteiger partial charge in [-0.25, -0.2) is 0 Å². The first-order valence-electron chi connectivity index (χ1n) is 14.5. The maximum absolute atomic E-state index is 11.8. The number of hydrogen-bond acceptors (Lipinski definition) is 11. The van der Waals surface area contributed by atoms with Crippen LogP contribution < -0.4 is 20.1 Å². The molecule has 238 valence electrons. The number of quaternary nitrogens is 1. The number of carboxylic acid groups (broad SMARTS) is 1. The van der Waals surface area contributed by atoms with Gasteiger partial charge in [-0.05, 0) is 35.7 Å². The van der Waals surface area contributed by atoms with Gasteiger partial charge in [0.2, 0.25) is 0 Å². The molecule has 6 rings (SSSR count). The molecule has 1 aromatic heterocycles. The van der Waals surface area contributed by atoms with E-state index in [0.29, 0.717) is 30.0 Å². The van der Waals surface area contributed by atoms with E-state index in [1.54, 1.807) is 18.6 Å². The number of carbonyl (C=O) groups excluding carboxylic acids is 2. The molecule has 2 aromatic carbocycles. The van der Waals surface area contributed by atoms with Gasteiger partial charge in [-0.1, -0.05) is 6.08 Å². The van der Waals surface area contributed by atoms with Gasteiger partial charge in [0.1, 0.15) is 17.9 Å². The summed E-state index contributed by atoms with van der Waals surface area (Å²) < 4.78 is 12.6. The Kier molecular flexibility index (Phi) is 9.92. The SMILES string of the molecule is C=C[C@H]1C[NH+]2CC[C@H]1C[C@@H]2[C@@H](O)c1ccnc2ccc(OC)cc12.[2H]C([13CH2]O)(NC(=O)c1cc([N+](=O)[O-])cc([N+](=O)[O-])c1)C(=O)[O-]. The summed E-state index contributed by atoms with van der Waals surface area (Å²) in [6, 6.07) is 7.11. The monoisotopic (exact) mass is 625 g/mol. The van der Waals surface area contributed by atoms with E-state index in [1.165, 1.54) is 11.3 Å². The number of aliphatic hydroxyl groups excluding tert-OH is 2. The van der Waals surface area contributed by atoms with Gasteiger partial charge in [0.25, 0.3) is 17.3 Å². The number of nitro benzene ring substituents is 2. The van der Waals surface area contributed by atoms with Crippen molar-refractivity contribution in [2.75, 3.05) is 26.8 Å². The zero-order valence-electron chi connectivity index (χ0n) is 25.3. The molecule has 3 saturated heterocycles. The first-order valence-corrected chi connectivity index (χ1v) is 14.0. The molecule has 3 aliphatic rings. The molecule has 0 saturated carbocycles. The third-order valence-electron chi connectivity index (χ3n) is 8.26. The van der Waals surface area contributed by atoms with Crippen molar-refractivity contribution >= 4 is 34.2 Å². The number of hydrogen-bond donors (Lipinski definition) is 4. The minimum atomic E-state index is -2.89. The Morgan fingerprint density at radius 1 is 1.22 bits per heavy atom.